The van der Waals surface area contributed by atoms with E-state index in [0.29, 0.717) is 6.04 Å². The molecule has 0 bridgehead atoms. The molecule has 0 radical (unpaired) electrons. The van der Waals surface area contributed by atoms with E-state index in [1.54, 1.807) is 0 Å². The summed E-state index contributed by atoms with van der Waals surface area (Å²) < 4.78 is 0. The van der Waals surface area contributed by atoms with E-state index in [9.17, 15) is 0 Å². The molecule has 0 saturated carbocycles. The molecule has 0 spiro atoms. The molecular formula is C7H16N2. The Morgan fingerprint density at radius 1 is 1.67 bits per heavy atom. The summed E-state index contributed by atoms with van der Waals surface area (Å²) in [5.74, 6) is 0. The van der Waals surface area contributed by atoms with Crippen molar-refractivity contribution < 1.29 is 0 Å². The van der Waals surface area contributed by atoms with Gasteiger partial charge in [-0.2, -0.15) is 0 Å². The van der Waals surface area contributed by atoms with Gasteiger partial charge >= 0.3 is 0 Å². The Morgan fingerprint density at radius 3 is 2.89 bits per heavy atom. The highest BCUT2D eigenvalue weighted by atomic mass is 15.5. The predicted octanol–water partition coefficient (Wildman–Crippen LogP) is 0.995. The van der Waals surface area contributed by atoms with Crippen LogP contribution in [-0.2, 0) is 0 Å². The molecule has 0 aromatic carbocycles. The lowest BCUT2D eigenvalue weighted by Crippen LogP contribution is -2.34. The van der Waals surface area contributed by atoms with Crippen LogP contribution in [-0.4, -0.2) is 24.1 Å². The van der Waals surface area contributed by atoms with E-state index >= 15 is 0 Å². The number of hydrogen-bond donors (Lipinski definition) is 1. The van der Waals surface area contributed by atoms with Gasteiger partial charge in [-0.1, -0.05) is 6.92 Å². The van der Waals surface area contributed by atoms with Gasteiger partial charge in [0.2, 0.25) is 0 Å². The molecule has 1 rings (SSSR count). The highest BCUT2D eigenvalue weighted by Gasteiger charge is 2.15. The van der Waals surface area contributed by atoms with Crippen molar-refractivity contribution in [2.45, 2.75) is 32.7 Å². The summed E-state index contributed by atoms with van der Waals surface area (Å²) in [4.78, 5) is 0. The summed E-state index contributed by atoms with van der Waals surface area (Å²) in [5.41, 5.74) is 3.39. The van der Waals surface area contributed by atoms with E-state index in [4.69, 9.17) is 0 Å². The average Bonchev–Trinajstić information content (AvgIpc) is 2.17. The van der Waals surface area contributed by atoms with Gasteiger partial charge in [-0.05, 0) is 19.8 Å². The molecule has 1 unspecified atom stereocenters. The third-order valence-corrected chi connectivity index (χ3v) is 1.73. The molecule has 9 heavy (non-hydrogen) atoms. The van der Waals surface area contributed by atoms with Gasteiger partial charge < -0.3 is 0 Å². The first-order valence-corrected chi connectivity index (χ1v) is 3.84. The summed E-state index contributed by atoms with van der Waals surface area (Å²) in [5, 5.41) is 2.31. The molecular weight excluding hydrogens is 112 g/mol. The fourth-order valence-corrected chi connectivity index (χ4v) is 1.24. The lowest BCUT2D eigenvalue weighted by Gasteiger charge is -2.14. The minimum atomic E-state index is 0.705. The quantitative estimate of drug-likeness (QED) is 0.596. The van der Waals surface area contributed by atoms with Crippen LogP contribution in [0.2, 0.25) is 0 Å². The maximum atomic E-state index is 3.39. The van der Waals surface area contributed by atoms with Gasteiger partial charge in [-0.3, -0.25) is 5.43 Å². The lowest BCUT2D eigenvalue weighted by molar-refractivity contribution is 0.239. The summed E-state index contributed by atoms with van der Waals surface area (Å²) in [6, 6.07) is 0.705. The molecule has 1 saturated heterocycles. The zero-order chi connectivity index (χ0) is 6.69. The maximum absolute atomic E-state index is 3.39. The first kappa shape index (κ1) is 7.03. The van der Waals surface area contributed by atoms with Crippen molar-refractivity contribution in [3.8, 4) is 0 Å². The van der Waals surface area contributed by atoms with Gasteiger partial charge in [0.05, 0.1) is 0 Å². The SMILES string of the molecule is CCCN1CCC(C)N1. The van der Waals surface area contributed by atoms with Crippen LogP contribution in [0.5, 0.6) is 0 Å². The minimum Gasteiger partial charge on any atom is -0.252 e. The second kappa shape index (κ2) is 3.18. The topological polar surface area (TPSA) is 15.3 Å². The standard InChI is InChI=1S/C7H16N2/c1-3-5-9-6-4-7(2)8-9/h7-8H,3-6H2,1-2H3. The van der Waals surface area contributed by atoms with Crippen molar-refractivity contribution >= 4 is 0 Å². The third-order valence-electron chi connectivity index (χ3n) is 1.73. The second-order valence-corrected chi connectivity index (χ2v) is 2.81. The van der Waals surface area contributed by atoms with E-state index in [1.165, 1.54) is 25.9 Å². The van der Waals surface area contributed by atoms with Crippen LogP contribution in [0, 0.1) is 0 Å². The Hall–Kier alpha value is -0.0800. The molecule has 1 fully saturated rings. The first-order chi connectivity index (χ1) is 4.33. The maximum Gasteiger partial charge on any atom is 0.0199 e. The molecule has 0 aliphatic carbocycles. The minimum absolute atomic E-state index is 0.705. The van der Waals surface area contributed by atoms with Crippen LogP contribution in [0.4, 0.5) is 0 Å². The van der Waals surface area contributed by atoms with Gasteiger partial charge in [-0.15, -0.1) is 0 Å². The zero-order valence-corrected chi connectivity index (χ0v) is 6.35. The first-order valence-electron chi connectivity index (χ1n) is 3.84. The molecule has 2 nitrogen and oxygen atoms in total. The van der Waals surface area contributed by atoms with Crippen LogP contribution in [0.25, 0.3) is 0 Å². The Labute approximate surface area is 57.2 Å². The number of rotatable bonds is 2. The molecule has 2 heteroatoms. The van der Waals surface area contributed by atoms with Crippen molar-refractivity contribution in [1.29, 1.82) is 0 Å². The smallest absolute Gasteiger partial charge is 0.0199 e. The van der Waals surface area contributed by atoms with Crippen LogP contribution in [0.15, 0.2) is 0 Å². The predicted molar refractivity (Wildman–Crippen MR) is 39.1 cm³/mol. The fraction of sp³-hybridized carbons (Fsp3) is 1.00. The highest BCUT2D eigenvalue weighted by Crippen LogP contribution is 2.03. The number of nitrogens with one attached hydrogen (secondary N) is 1. The summed E-state index contributed by atoms with van der Waals surface area (Å²) in [6.07, 6.45) is 2.56. The Kier molecular flexibility index (Phi) is 2.49. The second-order valence-electron chi connectivity index (χ2n) is 2.81. The molecule has 1 atom stereocenters. The van der Waals surface area contributed by atoms with E-state index in [-0.39, 0.29) is 0 Å². The summed E-state index contributed by atoms with van der Waals surface area (Å²) >= 11 is 0. The number of hydrazine groups is 1. The number of nitrogens with zero attached hydrogens (tertiary/aromatic N) is 1. The molecule has 1 N–H and O–H groups in total. The van der Waals surface area contributed by atoms with E-state index in [0.717, 1.165) is 0 Å². The van der Waals surface area contributed by atoms with E-state index in [2.05, 4.69) is 24.3 Å². The van der Waals surface area contributed by atoms with Crippen molar-refractivity contribution in [3.63, 3.8) is 0 Å². The van der Waals surface area contributed by atoms with E-state index in [1.807, 2.05) is 0 Å². The molecule has 1 heterocycles. The van der Waals surface area contributed by atoms with Gasteiger partial charge in [0.15, 0.2) is 0 Å². The summed E-state index contributed by atoms with van der Waals surface area (Å²) in [6.45, 7) is 6.87. The van der Waals surface area contributed by atoms with Gasteiger partial charge in [0.25, 0.3) is 0 Å². The molecule has 0 amide bonds. The van der Waals surface area contributed by atoms with Gasteiger partial charge in [0, 0.05) is 19.1 Å². The Morgan fingerprint density at radius 2 is 2.44 bits per heavy atom. The molecule has 1 aliphatic rings. The monoisotopic (exact) mass is 128 g/mol. The van der Waals surface area contributed by atoms with Crippen molar-refractivity contribution in [1.82, 2.24) is 10.4 Å². The van der Waals surface area contributed by atoms with E-state index < -0.39 is 0 Å². The van der Waals surface area contributed by atoms with Crippen LogP contribution in [0.1, 0.15) is 26.7 Å². The molecule has 1 aliphatic heterocycles. The van der Waals surface area contributed by atoms with Crippen molar-refractivity contribution in [2.75, 3.05) is 13.1 Å². The lowest BCUT2D eigenvalue weighted by atomic mass is 10.3. The normalized spacial score (nSPS) is 29.3. The third kappa shape index (κ3) is 1.95. The van der Waals surface area contributed by atoms with Crippen molar-refractivity contribution in [3.05, 3.63) is 0 Å². The average molecular weight is 128 g/mol. The number of hydrogen-bond acceptors (Lipinski definition) is 2. The highest BCUT2D eigenvalue weighted by molar-refractivity contribution is 4.69. The van der Waals surface area contributed by atoms with Crippen molar-refractivity contribution in [2.24, 2.45) is 0 Å². The summed E-state index contributed by atoms with van der Waals surface area (Å²) in [7, 11) is 0. The van der Waals surface area contributed by atoms with Crippen LogP contribution < -0.4 is 5.43 Å². The molecule has 0 aromatic heterocycles. The van der Waals surface area contributed by atoms with Crippen LogP contribution in [0.3, 0.4) is 0 Å². The zero-order valence-electron chi connectivity index (χ0n) is 6.35. The van der Waals surface area contributed by atoms with Gasteiger partial charge in [-0.25, -0.2) is 5.01 Å². The van der Waals surface area contributed by atoms with Gasteiger partial charge in [0.1, 0.15) is 0 Å². The molecule has 54 valence electrons. The van der Waals surface area contributed by atoms with Crippen LogP contribution >= 0.6 is 0 Å². The fourth-order valence-electron chi connectivity index (χ4n) is 1.24. The Balaban J connectivity index is 2.14. The largest absolute Gasteiger partial charge is 0.252 e. The molecule has 0 aromatic rings. The Bertz CT molecular complexity index is 81.0.